The second-order valence-corrected chi connectivity index (χ2v) is 6.40. The third-order valence-corrected chi connectivity index (χ3v) is 4.65. The van der Waals surface area contributed by atoms with Crippen molar-refractivity contribution in [3.63, 3.8) is 0 Å². The van der Waals surface area contributed by atoms with Crippen LogP contribution in [0.15, 0.2) is 28.7 Å². The van der Waals surface area contributed by atoms with Gasteiger partial charge in [-0.25, -0.2) is 0 Å². The van der Waals surface area contributed by atoms with E-state index in [0.717, 1.165) is 41.2 Å². The van der Waals surface area contributed by atoms with Crippen LogP contribution in [0.4, 0.5) is 0 Å². The SMILES string of the molecule is CCc1nn(CC)c(CN(C)Cc2ccc(Cl)cc2)c1Br. The van der Waals surface area contributed by atoms with E-state index in [4.69, 9.17) is 11.6 Å². The van der Waals surface area contributed by atoms with Gasteiger partial charge in [-0.15, -0.1) is 0 Å². The lowest BCUT2D eigenvalue weighted by atomic mass is 10.2. The van der Waals surface area contributed by atoms with Crippen LogP contribution in [0.1, 0.15) is 30.8 Å². The Morgan fingerprint density at radius 3 is 2.43 bits per heavy atom. The first kappa shape index (κ1) is 16.5. The van der Waals surface area contributed by atoms with Crippen molar-refractivity contribution >= 4 is 27.5 Å². The highest BCUT2D eigenvalue weighted by Gasteiger charge is 2.15. The van der Waals surface area contributed by atoms with Crippen molar-refractivity contribution in [2.24, 2.45) is 0 Å². The first-order valence-corrected chi connectivity index (χ1v) is 8.39. The van der Waals surface area contributed by atoms with Crippen LogP contribution in [-0.4, -0.2) is 21.7 Å². The largest absolute Gasteiger partial charge is 0.296 e. The summed E-state index contributed by atoms with van der Waals surface area (Å²) in [6.45, 7) is 6.91. The van der Waals surface area contributed by atoms with Crippen LogP contribution in [0.25, 0.3) is 0 Å². The zero-order valence-corrected chi connectivity index (χ0v) is 15.1. The van der Waals surface area contributed by atoms with Crippen molar-refractivity contribution in [3.05, 3.63) is 50.7 Å². The third kappa shape index (κ3) is 4.09. The van der Waals surface area contributed by atoms with Crippen LogP contribution in [-0.2, 0) is 26.1 Å². The zero-order valence-electron chi connectivity index (χ0n) is 12.7. The standard InChI is InChI=1S/C16H21BrClN3/c1-4-14-16(17)15(21(5-2)19-14)11-20(3)10-12-6-8-13(18)9-7-12/h6-9H,4-5,10-11H2,1-3H3. The molecular formula is C16H21BrClN3. The van der Waals surface area contributed by atoms with Crippen molar-refractivity contribution < 1.29 is 0 Å². The van der Waals surface area contributed by atoms with Crippen LogP contribution in [0.5, 0.6) is 0 Å². The van der Waals surface area contributed by atoms with Gasteiger partial charge in [-0.05, 0) is 54.0 Å². The lowest BCUT2D eigenvalue weighted by Gasteiger charge is -2.18. The number of aryl methyl sites for hydroxylation is 2. The highest BCUT2D eigenvalue weighted by Crippen LogP contribution is 2.24. The van der Waals surface area contributed by atoms with E-state index >= 15 is 0 Å². The molecule has 21 heavy (non-hydrogen) atoms. The fourth-order valence-corrected chi connectivity index (χ4v) is 3.20. The van der Waals surface area contributed by atoms with Gasteiger partial charge in [-0.1, -0.05) is 30.7 Å². The summed E-state index contributed by atoms with van der Waals surface area (Å²) in [4.78, 5) is 2.29. The Hall–Kier alpha value is -0.840. The molecule has 0 saturated heterocycles. The van der Waals surface area contributed by atoms with Crippen LogP contribution >= 0.6 is 27.5 Å². The molecule has 0 saturated carbocycles. The molecule has 1 aromatic heterocycles. The number of rotatable bonds is 6. The molecule has 0 aliphatic rings. The van der Waals surface area contributed by atoms with Gasteiger partial charge in [0.1, 0.15) is 0 Å². The maximum Gasteiger partial charge on any atom is 0.0767 e. The predicted molar refractivity (Wildman–Crippen MR) is 91.6 cm³/mol. The lowest BCUT2D eigenvalue weighted by Crippen LogP contribution is -2.20. The van der Waals surface area contributed by atoms with Gasteiger partial charge < -0.3 is 0 Å². The molecule has 0 aliphatic heterocycles. The Labute approximate surface area is 140 Å². The summed E-state index contributed by atoms with van der Waals surface area (Å²) in [6.07, 6.45) is 0.946. The van der Waals surface area contributed by atoms with Gasteiger partial charge in [0.2, 0.25) is 0 Å². The van der Waals surface area contributed by atoms with E-state index in [1.54, 1.807) is 0 Å². The molecule has 0 aliphatic carbocycles. The van der Waals surface area contributed by atoms with Crippen LogP contribution in [0.3, 0.4) is 0 Å². The van der Waals surface area contributed by atoms with E-state index in [0.29, 0.717) is 0 Å². The first-order valence-electron chi connectivity index (χ1n) is 7.22. The number of hydrogen-bond acceptors (Lipinski definition) is 2. The van der Waals surface area contributed by atoms with Crippen molar-refractivity contribution in [2.75, 3.05) is 7.05 Å². The second kappa shape index (κ2) is 7.43. The van der Waals surface area contributed by atoms with Crippen molar-refractivity contribution in [3.8, 4) is 0 Å². The smallest absolute Gasteiger partial charge is 0.0767 e. The summed E-state index contributed by atoms with van der Waals surface area (Å²) in [5.74, 6) is 0. The van der Waals surface area contributed by atoms with Gasteiger partial charge in [0, 0.05) is 24.7 Å². The van der Waals surface area contributed by atoms with Crippen molar-refractivity contribution in [1.29, 1.82) is 0 Å². The number of hydrogen-bond donors (Lipinski definition) is 0. The molecule has 0 amide bonds. The molecule has 1 aromatic carbocycles. The lowest BCUT2D eigenvalue weighted by molar-refractivity contribution is 0.307. The molecule has 0 spiro atoms. The molecule has 1 heterocycles. The van der Waals surface area contributed by atoms with Gasteiger partial charge >= 0.3 is 0 Å². The molecular weight excluding hydrogens is 350 g/mol. The predicted octanol–water partition coefficient (Wildman–Crippen LogP) is 4.51. The summed E-state index contributed by atoms with van der Waals surface area (Å²) >= 11 is 9.62. The fourth-order valence-electron chi connectivity index (χ4n) is 2.38. The molecule has 0 atom stereocenters. The minimum absolute atomic E-state index is 0.779. The number of benzene rings is 1. The minimum Gasteiger partial charge on any atom is -0.296 e. The molecule has 0 bridgehead atoms. The Kier molecular flexibility index (Phi) is 5.85. The third-order valence-electron chi connectivity index (χ3n) is 3.48. The second-order valence-electron chi connectivity index (χ2n) is 5.18. The summed E-state index contributed by atoms with van der Waals surface area (Å²) in [5.41, 5.74) is 3.63. The Morgan fingerprint density at radius 2 is 1.86 bits per heavy atom. The Bertz CT molecular complexity index is 592. The van der Waals surface area contributed by atoms with Crippen molar-refractivity contribution in [1.82, 2.24) is 14.7 Å². The van der Waals surface area contributed by atoms with E-state index in [9.17, 15) is 0 Å². The maximum atomic E-state index is 5.93. The van der Waals surface area contributed by atoms with Crippen molar-refractivity contribution in [2.45, 2.75) is 39.9 Å². The van der Waals surface area contributed by atoms with Crippen LogP contribution in [0, 0.1) is 0 Å². The molecule has 114 valence electrons. The number of nitrogens with zero attached hydrogens (tertiary/aromatic N) is 3. The summed E-state index contributed by atoms with van der Waals surface area (Å²) in [5, 5.41) is 5.42. The number of aromatic nitrogens is 2. The van der Waals surface area contributed by atoms with E-state index in [1.807, 2.05) is 12.1 Å². The highest BCUT2D eigenvalue weighted by atomic mass is 79.9. The minimum atomic E-state index is 0.779. The quantitative estimate of drug-likeness (QED) is 0.746. The van der Waals surface area contributed by atoms with E-state index in [2.05, 4.69) is 63.6 Å². The molecule has 3 nitrogen and oxygen atoms in total. The maximum absolute atomic E-state index is 5.93. The molecule has 2 aromatic rings. The van der Waals surface area contributed by atoms with Crippen LogP contribution < -0.4 is 0 Å². The Morgan fingerprint density at radius 1 is 1.19 bits per heavy atom. The first-order chi connectivity index (χ1) is 10.0. The molecule has 0 N–H and O–H groups in total. The topological polar surface area (TPSA) is 21.1 Å². The molecule has 2 rings (SSSR count). The van der Waals surface area contributed by atoms with E-state index in [1.165, 1.54) is 11.3 Å². The summed E-state index contributed by atoms with van der Waals surface area (Å²) in [6, 6.07) is 8.02. The molecule has 0 radical (unpaired) electrons. The van der Waals surface area contributed by atoms with Gasteiger partial charge in [0.15, 0.2) is 0 Å². The molecule has 0 unspecified atom stereocenters. The zero-order chi connectivity index (χ0) is 15.4. The monoisotopic (exact) mass is 369 g/mol. The molecule has 0 fully saturated rings. The Balaban J connectivity index is 2.10. The van der Waals surface area contributed by atoms with Gasteiger partial charge in [-0.3, -0.25) is 9.58 Å². The van der Waals surface area contributed by atoms with Gasteiger partial charge in [-0.2, -0.15) is 5.10 Å². The fraction of sp³-hybridized carbons (Fsp3) is 0.438. The van der Waals surface area contributed by atoms with Gasteiger partial charge in [0.25, 0.3) is 0 Å². The molecule has 5 heteroatoms. The average molecular weight is 371 g/mol. The average Bonchev–Trinajstić information content (AvgIpc) is 2.77. The van der Waals surface area contributed by atoms with E-state index < -0.39 is 0 Å². The van der Waals surface area contributed by atoms with Gasteiger partial charge in [0.05, 0.1) is 15.9 Å². The normalized spacial score (nSPS) is 11.3. The highest BCUT2D eigenvalue weighted by molar-refractivity contribution is 9.10. The van der Waals surface area contributed by atoms with Crippen LogP contribution in [0.2, 0.25) is 5.02 Å². The number of halogens is 2. The summed E-state index contributed by atoms with van der Waals surface area (Å²) < 4.78 is 3.23. The summed E-state index contributed by atoms with van der Waals surface area (Å²) in [7, 11) is 2.12. The van der Waals surface area contributed by atoms with E-state index in [-0.39, 0.29) is 0 Å².